The highest BCUT2D eigenvalue weighted by atomic mass is 16.5. The average Bonchev–Trinajstić information content (AvgIpc) is 3.12. The Morgan fingerprint density at radius 2 is 1.81 bits per heavy atom. The second-order valence-corrected chi connectivity index (χ2v) is 6.31. The number of esters is 2. The molecule has 1 aromatic heterocycles. The van der Waals surface area contributed by atoms with Crippen molar-refractivity contribution in [1.29, 1.82) is 0 Å². The van der Waals surface area contributed by atoms with Gasteiger partial charge >= 0.3 is 11.9 Å². The van der Waals surface area contributed by atoms with Crippen LogP contribution >= 0.6 is 0 Å². The molecule has 1 heterocycles. The highest BCUT2D eigenvalue weighted by Crippen LogP contribution is 2.14. The molecule has 2 rings (SSSR count). The summed E-state index contributed by atoms with van der Waals surface area (Å²) in [6, 6.07) is 9.88. The van der Waals surface area contributed by atoms with Crippen LogP contribution in [-0.4, -0.2) is 31.0 Å². The van der Waals surface area contributed by atoms with Gasteiger partial charge in [0.15, 0.2) is 5.76 Å². The maximum absolute atomic E-state index is 12.4. The van der Waals surface area contributed by atoms with Crippen molar-refractivity contribution in [2.75, 3.05) is 7.11 Å². The second kappa shape index (κ2) is 9.56. The fraction of sp³-hybridized carbons (Fsp3) is 0.350. The molecular weight excluding hydrogens is 350 g/mol. The molecule has 0 aliphatic carbocycles. The number of ether oxygens (including phenoxy) is 2. The summed E-state index contributed by atoms with van der Waals surface area (Å²) in [5, 5.41) is 2.71. The van der Waals surface area contributed by atoms with Gasteiger partial charge in [0.05, 0.1) is 19.8 Å². The second-order valence-electron chi connectivity index (χ2n) is 6.31. The molecule has 7 nitrogen and oxygen atoms in total. The fourth-order valence-electron chi connectivity index (χ4n) is 2.47. The van der Waals surface area contributed by atoms with Crippen molar-refractivity contribution in [2.45, 2.75) is 32.9 Å². The molecule has 1 atom stereocenters. The molecule has 27 heavy (non-hydrogen) atoms. The Labute approximate surface area is 157 Å². The summed E-state index contributed by atoms with van der Waals surface area (Å²) in [5.74, 6) is -1.43. The van der Waals surface area contributed by atoms with E-state index in [0.717, 1.165) is 5.56 Å². The smallest absolute Gasteiger partial charge is 0.341 e. The summed E-state index contributed by atoms with van der Waals surface area (Å²) >= 11 is 0. The van der Waals surface area contributed by atoms with Crippen LogP contribution in [0.25, 0.3) is 0 Å². The van der Waals surface area contributed by atoms with E-state index >= 15 is 0 Å². The van der Waals surface area contributed by atoms with E-state index in [9.17, 15) is 14.4 Å². The molecule has 0 bridgehead atoms. The normalized spacial score (nSPS) is 11.7. The zero-order valence-corrected chi connectivity index (χ0v) is 15.6. The third-order valence-electron chi connectivity index (χ3n) is 3.94. The van der Waals surface area contributed by atoms with Crippen LogP contribution in [0.5, 0.6) is 0 Å². The monoisotopic (exact) mass is 373 g/mol. The van der Waals surface area contributed by atoms with E-state index in [1.165, 1.54) is 19.4 Å². The van der Waals surface area contributed by atoms with Crippen LogP contribution in [0.4, 0.5) is 0 Å². The highest BCUT2D eigenvalue weighted by molar-refractivity contribution is 5.90. The van der Waals surface area contributed by atoms with Gasteiger partial charge in [-0.1, -0.05) is 44.2 Å². The summed E-state index contributed by atoms with van der Waals surface area (Å²) in [6.45, 7) is 3.39. The third kappa shape index (κ3) is 5.70. The van der Waals surface area contributed by atoms with Crippen molar-refractivity contribution >= 4 is 17.8 Å². The minimum Gasteiger partial charge on any atom is -0.465 e. The van der Waals surface area contributed by atoms with Crippen molar-refractivity contribution in [3.63, 3.8) is 0 Å². The molecule has 0 aliphatic rings. The van der Waals surface area contributed by atoms with E-state index in [-0.39, 0.29) is 36.2 Å². The fourth-order valence-corrected chi connectivity index (χ4v) is 2.47. The number of carbonyl (C=O) groups is 3. The molecule has 0 saturated carbocycles. The van der Waals surface area contributed by atoms with E-state index in [0.29, 0.717) is 0 Å². The van der Waals surface area contributed by atoms with Crippen LogP contribution in [-0.2, 0) is 32.1 Å². The van der Waals surface area contributed by atoms with Crippen LogP contribution in [0.3, 0.4) is 0 Å². The lowest BCUT2D eigenvalue weighted by Gasteiger charge is -2.20. The largest absolute Gasteiger partial charge is 0.465 e. The van der Waals surface area contributed by atoms with Crippen molar-refractivity contribution < 1.29 is 28.3 Å². The Morgan fingerprint density at radius 3 is 2.44 bits per heavy atom. The van der Waals surface area contributed by atoms with Gasteiger partial charge in [0.2, 0.25) is 5.91 Å². The first kappa shape index (κ1) is 20.2. The van der Waals surface area contributed by atoms with E-state index in [1.807, 2.05) is 44.2 Å². The minimum atomic E-state index is -0.808. The highest BCUT2D eigenvalue weighted by Gasteiger charge is 2.27. The first-order valence-corrected chi connectivity index (χ1v) is 8.57. The van der Waals surface area contributed by atoms with Crippen LogP contribution in [0.2, 0.25) is 0 Å². The van der Waals surface area contributed by atoms with Gasteiger partial charge < -0.3 is 19.2 Å². The summed E-state index contributed by atoms with van der Waals surface area (Å²) in [6.07, 6.45) is 1.49. The summed E-state index contributed by atoms with van der Waals surface area (Å²) in [7, 11) is 1.25. The number of hydrogen-bond donors (Lipinski definition) is 1. The Morgan fingerprint density at radius 1 is 1.11 bits per heavy atom. The van der Waals surface area contributed by atoms with Gasteiger partial charge in [-0.3, -0.25) is 4.79 Å². The lowest BCUT2D eigenvalue weighted by molar-refractivity contribution is -0.151. The number of methoxy groups -OCH3 is 1. The van der Waals surface area contributed by atoms with E-state index in [2.05, 4.69) is 10.1 Å². The Bertz CT molecular complexity index is 781. The molecule has 2 aromatic rings. The average molecular weight is 373 g/mol. The Balaban J connectivity index is 1.96. The summed E-state index contributed by atoms with van der Waals surface area (Å²) in [5.41, 5.74) is 1.05. The van der Waals surface area contributed by atoms with Crippen molar-refractivity contribution in [1.82, 2.24) is 5.32 Å². The number of carbonyl (C=O) groups excluding carboxylic acids is 3. The summed E-state index contributed by atoms with van der Waals surface area (Å²) < 4.78 is 15.1. The van der Waals surface area contributed by atoms with Gasteiger partial charge in [-0.25, -0.2) is 9.59 Å². The van der Waals surface area contributed by atoms with E-state index in [4.69, 9.17) is 9.15 Å². The molecule has 1 aromatic carbocycles. The van der Waals surface area contributed by atoms with Crippen LogP contribution in [0, 0.1) is 5.92 Å². The van der Waals surface area contributed by atoms with Gasteiger partial charge in [-0.15, -0.1) is 0 Å². The molecule has 1 N–H and O–H groups in total. The molecule has 1 amide bonds. The molecule has 0 aliphatic heterocycles. The van der Waals surface area contributed by atoms with E-state index < -0.39 is 18.0 Å². The molecule has 0 radical (unpaired) electrons. The lowest BCUT2D eigenvalue weighted by Crippen LogP contribution is -2.45. The maximum Gasteiger partial charge on any atom is 0.341 e. The first-order chi connectivity index (χ1) is 12.9. The Hall–Kier alpha value is -3.09. The maximum atomic E-state index is 12.4. The topological polar surface area (TPSA) is 94.8 Å². The van der Waals surface area contributed by atoms with Crippen molar-refractivity contribution in [3.05, 3.63) is 59.5 Å². The van der Waals surface area contributed by atoms with Gasteiger partial charge in [0.1, 0.15) is 18.2 Å². The standard InChI is InChI=1S/C20H23NO6/c1-13(2)18(21-17(22)11-14-7-5-4-6-8-14)20(24)27-12-16-15(9-10-26-16)19(23)25-3/h4-10,13,18H,11-12H2,1-3H3,(H,21,22)/t18-/m0/s1. The van der Waals surface area contributed by atoms with Crippen LogP contribution in [0.1, 0.15) is 35.5 Å². The minimum absolute atomic E-state index is 0.169. The number of benzene rings is 1. The van der Waals surface area contributed by atoms with Crippen molar-refractivity contribution in [2.24, 2.45) is 5.92 Å². The molecule has 0 unspecified atom stereocenters. The number of furan rings is 1. The molecule has 0 fully saturated rings. The van der Waals surface area contributed by atoms with Gasteiger partial charge in [0.25, 0.3) is 0 Å². The molecular formula is C20H23NO6. The zero-order chi connectivity index (χ0) is 19.8. The predicted octanol–water partition coefficient (Wildman–Crippen LogP) is 2.49. The van der Waals surface area contributed by atoms with Gasteiger partial charge in [-0.2, -0.15) is 0 Å². The van der Waals surface area contributed by atoms with Gasteiger partial charge in [0, 0.05) is 0 Å². The van der Waals surface area contributed by atoms with Gasteiger partial charge in [-0.05, 0) is 17.5 Å². The number of nitrogens with one attached hydrogen (secondary N) is 1. The number of rotatable bonds is 8. The third-order valence-corrected chi connectivity index (χ3v) is 3.94. The number of amides is 1. The molecule has 0 saturated heterocycles. The first-order valence-electron chi connectivity index (χ1n) is 8.57. The van der Waals surface area contributed by atoms with Crippen LogP contribution < -0.4 is 5.32 Å². The SMILES string of the molecule is COC(=O)c1ccoc1COC(=O)[C@@H](NC(=O)Cc1ccccc1)C(C)C. The predicted molar refractivity (Wildman–Crippen MR) is 96.8 cm³/mol. The quantitative estimate of drug-likeness (QED) is 0.715. The number of hydrogen-bond acceptors (Lipinski definition) is 6. The van der Waals surface area contributed by atoms with Crippen LogP contribution in [0.15, 0.2) is 47.1 Å². The lowest BCUT2D eigenvalue weighted by atomic mass is 10.0. The molecule has 0 spiro atoms. The Kier molecular flexibility index (Phi) is 7.16. The molecule has 7 heteroatoms. The molecule has 144 valence electrons. The van der Waals surface area contributed by atoms with Crippen molar-refractivity contribution in [3.8, 4) is 0 Å². The zero-order valence-electron chi connectivity index (χ0n) is 15.6. The van der Waals surface area contributed by atoms with E-state index in [1.54, 1.807) is 0 Å². The summed E-state index contributed by atoms with van der Waals surface area (Å²) in [4.78, 5) is 36.3.